The van der Waals surface area contributed by atoms with Crippen LogP contribution in [0, 0.1) is 11.8 Å². The maximum atomic E-state index is 11.4. The zero-order valence-electron chi connectivity index (χ0n) is 9.46. The molecule has 2 rings (SSSR count). The molecule has 0 saturated heterocycles. The zero-order valence-corrected chi connectivity index (χ0v) is 9.46. The Labute approximate surface area is 91.2 Å². The van der Waals surface area contributed by atoms with Crippen molar-refractivity contribution < 1.29 is 9.90 Å². The lowest BCUT2D eigenvalue weighted by Crippen LogP contribution is -2.54. The van der Waals surface area contributed by atoms with E-state index in [1.165, 1.54) is 12.8 Å². The van der Waals surface area contributed by atoms with E-state index in [1.807, 2.05) is 0 Å². The summed E-state index contributed by atoms with van der Waals surface area (Å²) in [5.41, 5.74) is -0.602. The van der Waals surface area contributed by atoms with Crippen molar-refractivity contribution in [3.05, 3.63) is 0 Å². The molecule has 3 heteroatoms. The molecule has 2 fully saturated rings. The van der Waals surface area contributed by atoms with E-state index in [1.54, 1.807) is 0 Å². The van der Waals surface area contributed by atoms with Crippen molar-refractivity contribution in [2.75, 3.05) is 6.54 Å². The third-order valence-corrected chi connectivity index (χ3v) is 3.96. The second-order valence-electron chi connectivity index (χ2n) is 5.39. The second-order valence-corrected chi connectivity index (χ2v) is 5.39. The molecule has 0 aromatic rings. The minimum absolute atomic E-state index is 0.602. The number of hydrogen-bond acceptors (Lipinski definition) is 2. The Kier molecular flexibility index (Phi) is 3.01. The number of carboxylic acid groups (broad SMARTS) is 1. The predicted molar refractivity (Wildman–Crippen MR) is 58.7 cm³/mol. The topological polar surface area (TPSA) is 49.3 Å². The van der Waals surface area contributed by atoms with Gasteiger partial charge in [-0.1, -0.05) is 6.92 Å². The lowest BCUT2D eigenvalue weighted by Gasteiger charge is -2.36. The van der Waals surface area contributed by atoms with Crippen LogP contribution in [0.1, 0.15) is 45.4 Å². The lowest BCUT2D eigenvalue weighted by atomic mass is 9.77. The summed E-state index contributed by atoms with van der Waals surface area (Å²) >= 11 is 0. The van der Waals surface area contributed by atoms with E-state index in [4.69, 9.17) is 0 Å². The summed E-state index contributed by atoms with van der Waals surface area (Å²) in [4.78, 5) is 11.4. The van der Waals surface area contributed by atoms with Crippen LogP contribution < -0.4 is 5.32 Å². The average molecular weight is 211 g/mol. The first-order chi connectivity index (χ1) is 7.12. The fraction of sp³-hybridized carbons (Fsp3) is 0.917. The highest BCUT2D eigenvalue weighted by molar-refractivity contribution is 5.78. The molecule has 2 aliphatic rings. The molecule has 0 aliphatic heterocycles. The lowest BCUT2D eigenvalue weighted by molar-refractivity contribution is -0.146. The average Bonchev–Trinajstić information content (AvgIpc) is 3.01. The second kappa shape index (κ2) is 4.12. The van der Waals surface area contributed by atoms with Gasteiger partial charge in [0.05, 0.1) is 0 Å². The highest BCUT2D eigenvalue weighted by Crippen LogP contribution is 2.34. The SMILES string of the molecule is CC1CCC(NCC2CC2)(C(=O)O)CC1. The highest BCUT2D eigenvalue weighted by atomic mass is 16.4. The van der Waals surface area contributed by atoms with Gasteiger partial charge in [-0.25, -0.2) is 0 Å². The number of hydrogen-bond donors (Lipinski definition) is 2. The Morgan fingerprint density at radius 1 is 1.33 bits per heavy atom. The van der Waals surface area contributed by atoms with E-state index in [-0.39, 0.29) is 0 Å². The van der Waals surface area contributed by atoms with E-state index in [0.717, 1.165) is 38.1 Å². The fourth-order valence-corrected chi connectivity index (χ4v) is 2.38. The summed E-state index contributed by atoms with van der Waals surface area (Å²) < 4.78 is 0. The van der Waals surface area contributed by atoms with Gasteiger partial charge in [-0.3, -0.25) is 4.79 Å². The summed E-state index contributed by atoms with van der Waals surface area (Å²) in [7, 11) is 0. The summed E-state index contributed by atoms with van der Waals surface area (Å²) in [5.74, 6) is 0.802. The monoisotopic (exact) mass is 211 g/mol. The van der Waals surface area contributed by atoms with Crippen molar-refractivity contribution in [1.82, 2.24) is 5.32 Å². The summed E-state index contributed by atoms with van der Waals surface area (Å²) in [6.45, 7) is 3.12. The molecule has 0 amide bonds. The van der Waals surface area contributed by atoms with Crippen molar-refractivity contribution >= 4 is 5.97 Å². The van der Waals surface area contributed by atoms with Crippen molar-refractivity contribution in [3.8, 4) is 0 Å². The van der Waals surface area contributed by atoms with Crippen LogP contribution in [0.25, 0.3) is 0 Å². The van der Waals surface area contributed by atoms with E-state index in [2.05, 4.69) is 12.2 Å². The van der Waals surface area contributed by atoms with Gasteiger partial charge in [-0.2, -0.15) is 0 Å². The first-order valence-corrected chi connectivity index (χ1v) is 6.11. The van der Waals surface area contributed by atoms with Crippen LogP contribution in [0.5, 0.6) is 0 Å². The molecule has 0 aromatic carbocycles. The van der Waals surface area contributed by atoms with Crippen LogP contribution in [-0.2, 0) is 4.79 Å². The van der Waals surface area contributed by atoms with Gasteiger partial charge < -0.3 is 10.4 Å². The quantitative estimate of drug-likeness (QED) is 0.748. The van der Waals surface area contributed by atoms with Crippen molar-refractivity contribution in [2.45, 2.75) is 51.0 Å². The molecule has 2 saturated carbocycles. The van der Waals surface area contributed by atoms with E-state index >= 15 is 0 Å². The maximum Gasteiger partial charge on any atom is 0.323 e. The van der Waals surface area contributed by atoms with E-state index in [9.17, 15) is 9.90 Å². The summed E-state index contributed by atoms with van der Waals surface area (Å²) in [6.07, 6.45) is 6.25. The largest absolute Gasteiger partial charge is 0.480 e. The summed E-state index contributed by atoms with van der Waals surface area (Å²) in [5, 5.41) is 12.7. The molecule has 2 N–H and O–H groups in total. The van der Waals surface area contributed by atoms with Gasteiger partial charge in [0.2, 0.25) is 0 Å². The molecule has 0 radical (unpaired) electrons. The predicted octanol–water partition coefficient (Wildman–Crippen LogP) is 2.02. The molecule has 0 atom stereocenters. The Bertz CT molecular complexity index is 240. The molecule has 0 heterocycles. The van der Waals surface area contributed by atoms with Gasteiger partial charge in [0.25, 0.3) is 0 Å². The first-order valence-electron chi connectivity index (χ1n) is 6.11. The molecule has 15 heavy (non-hydrogen) atoms. The molecular formula is C12H21NO2. The molecule has 0 aromatic heterocycles. The first kappa shape index (κ1) is 10.9. The van der Waals surface area contributed by atoms with Crippen molar-refractivity contribution in [1.29, 1.82) is 0 Å². The van der Waals surface area contributed by atoms with Gasteiger partial charge in [-0.15, -0.1) is 0 Å². The van der Waals surface area contributed by atoms with Crippen LogP contribution >= 0.6 is 0 Å². The molecule has 86 valence electrons. The van der Waals surface area contributed by atoms with Crippen LogP contribution in [-0.4, -0.2) is 23.2 Å². The summed E-state index contributed by atoms with van der Waals surface area (Å²) in [6, 6.07) is 0. The van der Waals surface area contributed by atoms with Gasteiger partial charge >= 0.3 is 5.97 Å². The minimum atomic E-state index is -0.643. The van der Waals surface area contributed by atoms with Crippen LogP contribution in [0.4, 0.5) is 0 Å². The Morgan fingerprint density at radius 3 is 2.40 bits per heavy atom. The van der Waals surface area contributed by atoms with Gasteiger partial charge in [0.15, 0.2) is 0 Å². The highest BCUT2D eigenvalue weighted by Gasteiger charge is 2.41. The molecule has 0 bridgehead atoms. The van der Waals surface area contributed by atoms with Crippen LogP contribution in [0.15, 0.2) is 0 Å². The standard InChI is InChI=1S/C12H21NO2/c1-9-4-6-12(7-5-9,11(14)15)13-8-10-2-3-10/h9-10,13H,2-8H2,1H3,(H,14,15). The third-order valence-electron chi connectivity index (χ3n) is 3.96. The third kappa shape index (κ3) is 2.51. The van der Waals surface area contributed by atoms with E-state index in [0.29, 0.717) is 5.92 Å². The van der Waals surface area contributed by atoms with Gasteiger partial charge in [0, 0.05) is 0 Å². The number of nitrogens with one attached hydrogen (secondary N) is 1. The normalized spacial score (nSPS) is 36.5. The molecule has 0 spiro atoms. The molecule has 0 unspecified atom stereocenters. The number of aliphatic carboxylic acids is 1. The Hall–Kier alpha value is -0.570. The van der Waals surface area contributed by atoms with Crippen LogP contribution in [0.3, 0.4) is 0 Å². The van der Waals surface area contributed by atoms with Crippen molar-refractivity contribution in [2.24, 2.45) is 11.8 Å². The molecular weight excluding hydrogens is 190 g/mol. The Balaban J connectivity index is 1.93. The van der Waals surface area contributed by atoms with Gasteiger partial charge in [0.1, 0.15) is 5.54 Å². The Morgan fingerprint density at radius 2 is 1.93 bits per heavy atom. The smallest absolute Gasteiger partial charge is 0.323 e. The van der Waals surface area contributed by atoms with Crippen molar-refractivity contribution in [3.63, 3.8) is 0 Å². The van der Waals surface area contributed by atoms with Crippen LogP contribution in [0.2, 0.25) is 0 Å². The minimum Gasteiger partial charge on any atom is -0.480 e. The van der Waals surface area contributed by atoms with E-state index < -0.39 is 11.5 Å². The number of carbonyl (C=O) groups is 1. The number of rotatable bonds is 4. The number of carboxylic acids is 1. The van der Waals surface area contributed by atoms with Gasteiger partial charge in [-0.05, 0) is 56.9 Å². The maximum absolute atomic E-state index is 11.4. The fourth-order valence-electron chi connectivity index (χ4n) is 2.38. The molecule has 2 aliphatic carbocycles. The molecule has 3 nitrogen and oxygen atoms in total. The zero-order chi connectivity index (χ0) is 10.9.